The highest BCUT2D eigenvalue weighted by Gasteiger charge is 2.33. The van der Waals surface area contributed by atoms with Gasteiger partial charge in [-0.15, -0.1) is 0 Å². The van der Waals surface area contributed by atoms with E-state index < -0.39 is 5.60 Å². The number of aliphatic hydroxyl groups is 1. The number of rotatable bonds is 4. The molecular weight excluding hydrogens is 200 g/mol. The van der Waals surface area contributed by atoms with E-state index in [1.165, 1.54) is 25.7 Å². The maximum Gasteiger partial charge on any atom is 0.0798 e. The first-order valence-electron chi connectivity index (χ1n) is 6.91. The molecule has 0 aromatic carbocycles. The Kier molecular flexibility index (Phi) is 4.22. The second-order valence-electron chi connectivity index (χ2n) is 5.48. The zero-order valence-electron chi connectivity index (χ0n) is 10.5. The molecule has 0 unspecified atom stereocenters. The van der Waals surface area contributed by atoms with Gasteiger partial charge in [-0.1, -0.05) is 19.8 Å². The van der Waals surface area contributed by atoms with Crippen molar-refractivity contribution in [2.75, 3.05) is 26.2 Å². The fraction of sp³-hybridized carbons (Fsp3) is 1.00. The molecule has 1 aliphatic heterocycles. The molecule has 1 aliphatic carbocycles. The molecule has 0 spiro atoms. The second kappa shape index (κ2) is 5.48. The Hall–Kier alpha value is -0.120. The molecular formula is C13H26N2O. The molecule has 2 fully saturated rings. The molecule has 2 N–H and O–H groups in total. The third-order valence-electron chi connectivity index (χ3n) is 4.28. The topological polar surface area (TPSA) is 35.5 Å². The average Bonchev–Trinajstić information content (AvgIpc) is 2.80. The van der Waals surface area contributed by atoms with Gasteiger partial charge in [-0.2, -0.15) is 0 Å². The van der Waals surface area contributed by atoms with Crippen LogP contribution in [-0.2, 0) is 0 Å². The normalized spacial score (nSPS) is 26.4. The van der Waals surface area contributed by atoms with E-state index in [9.17, 15) is 5.11 Å². The van der Waals surface area contributed by atoms with Gasteiger partial charge in [-0.05, 0) is 45.3 Å². The van der Waals surface area contributed by atoms with E-state index in [0.717, 1.165) is 45.1 Å². The number of piperidine rings is 1. The van der Waals surface area contributed by atoms with Crippen molar-refractivity contribution in [3.8, 4) is 0 Å². The summed E-state index contributed by atoms with van der Waals surface area (Å²) in [6, 6.07) is 0.740. The molecule has 3 nitrogen and oxygen atoms in total. The molecule has 0 aromatic rings. The number of nitrogens with one attached hydrogen (secondary N) is 1. The zero-order valence-corrected chi connectivity index (χ0v) is 10.5. The van der Waals surface area contributed by atoms with Gasteiger partial charge in [0.1, 0.15) is 0 Å². The van der Waals surface area contributed by atoms with E-state index >= 15 is 0 Å². The van der Waals surface area contributed by atoms with Crippen molar-refractivity contribution in [2.24, 2.45) is 0 Å². The summed E-state index contributed by atoms with van der Waals surface area (Å²) >= 11 is 0. The van der Waals surface area contributed by atoms with Gasteiger partial charge in [0, 0.05) is 12.6 Å². The van der Waals surface area contributed by atoms with E-state index in [1.54, 1.807) is 0 Å². The summed E-state index contributed by atoms with van der Waals surface area (Å²) in [5.41, 5.74) is -0.427. The summed E-state index contributed by atoms with van der Waals surface area (Å²) in [5, 5.41) is 13.9. The molecule has 1 saturated carbocycles. The predicted molar refractivity (Wildman–Crippen MR) is 66.6 cm³/mol. The first kappa shape index (κ1) is 12.3. The van der Waals surface area contributed by atoms with Gasteiger partial charge in [0.2, 0.25) is 0 Å². The summed E-state index contributed by atoms with van der Waals surface area (Å²) in [6.07, 6.45) is 7.25. The Bertz CT molecular complexity index is 208. The molecule has 3 heteroatoms. The van der Waals surface area contributed by atoms with Crippen LogP contribution in [0.25, 0.3) is 0 Å². The lowest BCUT2D eigenvalue weighted by atomic mass is 9.91. The lowest BCUT2D eigenvalue weighted by molar-refractivity contribution is -0.0291. The lowest BCUT2D eigenvalue weighted by Crippen LogP contribution is -2.51. The van der Waals surface area contributed by atoms with E-state index in [-0.39, 0.29) is 0 Å². The zero-order chi connectivity index (χ0) is 11.4. The largest absolute Gasteiger partial charge is 0.388 e. The van der Waals surface area contributed by atoms with Gasteiger partial charge < -0.3 is 10.4 Å². The molecule has 0 amide bonds. The van der Waals surface area contributed by atoms with Crippen molar-refractivity contribution < 1.29 is 5.11 Å². The Balaban J connectivity index is 1.89. The van der Waals surface area contributed by atoms with Crippen LogP contribution in [0.3, 0.4) is 0 Å². The molecule has 2 rings (SSSR count). The van der Waals surface area contributed by atoms with Crippen LogP contribution in [0.5, 0.6) is 0 Å². The summed E-state index contributed by atoms with van der Waals surface area (Å²) < 4.78 is 0. The smallest absolute Gasteiger partial charge is 0.0798 e. The number of hydrogen-bond donors (Lipinski definition) is 2. The molecule has 1 heterocycles. The number of hydrogen-bond acceptors (Lipinski definition) is 3. The van der Waals surface area contributed by atoms with Crippen molar-refractivity contribution >= 4 is 0 Å². The molecule has 94 valence electrons. The molecule has 0 aromatic heterocycles. The summed E-state index contributed by atoms with van der Waals surface area (Å²) in [5.74, 6) is 0. The summed E-state index contributed by atoms with van der Waals surface area (Å²) in [7, 11) is 0. The van der Waals surface area contributed by atoms with Crippen LogP contribution in [0, 0.1) is 0 Å². The van der Waals surface area contributed by atoms with Crippen LogP contribution in [0.1, 0.15) is 45.4 Å². The van der Waals surface area contributed by atoms with Gasteiger partial charge in [0.05, 0.1) is 5.60 Å². The number of likely N-dealkylation sites (N-methyl/N-ethyl adjacent to an activating group) is 1. The third-order valence-corrected chi connectivity index (χ3v) is 4.28. The number of nitrogens with zero attached hydrogens (tertiary/aromatic N) is 1. The van der Waals surface area contributed by atoms with Crippen molar-refractivity contribution in [3.05, 3.63) is 0 Å². The summed E-state index contributed by atoms with van der Waals surface area (Å²) in [4.78, 5) is 2.51. The van der Waals surface area contributed by atoms with E-state index in [4.69, 9.17) is 0 Å². The highest BCUT2D eigenvalue weighted by atomic mass is 16.3. The lowest BCUT2D eigenvalue weighted by Gasteiger charge is -2.39. The maximum absolute atomic E-state index is 10.6. The quantitative estimate of drug-likeness (QED) is 0.760. The van der Waals surface area contributed by atoms with Crippen molar-refractivity contribution in [3.63, 3.8) is 0 Å². The standard InChI is InChI=1S/C13H26N2O/c1-2-15(12-5-3-4-6-12)11-13(16)7-9-14-10-8-13/h12,14,16H,2-11H2,1H3. The maximum atomic E-state index is 10.6. The van der Waals surface area contributed by atoms with Crippen LogP contribution >= 0.6 is 0 Å². The molecule has 16 heavy (non-hydrogen) atoms. The monoisotopic (exact) mass is 226 g/mol. The molecule has 0 atom stereocenters. The van der Waals surface area contributed by atoms with Gasteiger partial charge in [-0.3, -0.25) is 4.90 Å². The van der Waals surface area contributed by atoms with E-state index in [2.05, 4.69) is 17.1 Å². The molecule has 0 radical (unpaired) electrons. The highest BCUT2D eigenvalue weighted by Crippen LogP contribution is 2.27. The minimum atomic E-state index is -0.427. The SMILES string of the molecule is CCN(CC1(O)CCNCC1)C1CCCC1. The molecule has 2 aliphatic rings. The molecule has 0 bridgehead atoms. The van der Waals surface area contributed by atoms with Crippen LogP contribution in [-0.4, -0.2) is 47.8 Å². The van der Waals surface area contributed by atoms with Crippen molar-refractivity contribution in [1.82, 2.24) is 10.2 Å². The average molecular weight is 226 g/mol. The second-order valence-corrected chi connectivity index (χ2v) is 5.48. The summed E-state index contributed by atoms with van der Waals surface area (Å²) in [6.45, 7) is 6.14. The Morgan fingerprint density at radius 2 is 1.88 bits per heavy atom. The van der Waals surface area contributed by atoms with Gasteiger partial charge in [0.15, 0.2) is 0 Å². The van der Waals surface area contributed by atoms with Gasteiger partial charge >= 0.3 is 0 Å². The highest BCUT2D eigenvalue weighted by molar-refractivity contribution is 4.89. The third kappa shape index (κ3) is 2.96. The van der Waals surface area contributed by atoms with Gasteiger partial charge in [0.25, 0.3) is 0 Å². The van der Waals surface area contributed by atoms with Crippen LogP contribution in [0.4, 0.5) is 0 Å². The van der Waals surface area contributed by atoms with E-state index in [0.29, 0.717) is 0 Å². The fourth-order valence-electron chi connectivity index (χ4n) is 3.20. The van der Waals surface area contributed by atoms with Crippen molar-refractivity contribution in [1.29, 1.82) is 0 Å². The molecule has 1 saturated heterocycles. The minimum absolute atomic E-state index is 0.427. The Morgan fingerprint density at radius 1 is 1.25 bits per heavy atom. The van der Waals surface area contributed by atoms with Gasteiger partial charge in [-0.25, -0.2) is 0 Å². The predicted octanol–water partition coefficient (Wildman–Crippen LogP) is 1.37. The first-order chi connectivity index (χ1) is 7.73. The fourth-order valence-corrected chi connectivity index (χ4v) is 3.20. The van der Waals surface area contributed by atoms with Crippen LogP contribution in [0.15, 0.2) is 0 Å². The van der Waals surface area contributed by atoms with Crippen LogP contribution < -0.4 is 5.32 Å². The van der Waals surface area contributed by atoms with Crippen molar-refractivity contribution in [2.45, 2.75) is 57.1 Å². The van der Waals surface area contributed by atoms with Crippen LogP contribution in [0.2, 0.25) is 0 Å². The Labute approximate surface area is 99.2 Å². The Morgan fingerprint density at radius 3 is 2.44 bits per heavy atom. The first-order valence-corrected chi connectivity index (χ1v) is 6.91. The van der Waals surface area contributed by atoms with E-state index in [1.807, 2.05) is 0 Å². The minimum Gasteiger partial charge on any atom is -0.388 e.